The van der Waals surface area contributed by atoms with Crippen LogP contribution in [0.4, 0.5) is 5.69 Å². The maximum Gasteiger partial charge on any atom is 0.246 e. The van der Waals surface area contributed by atoms with Crippen LogP contribution in [0.2, 0.25) is 0 Å². The Morgan fingerprint density at radius 1 is 1.22 bits per heavy atom. The summed E-state index contributed by atoms with van der Waals surface area (Å²) in [5.74, 6) is -1.03. The van der Waals surface area contributed by atoms with Gasteiger partial charge in [0.2, 0.25) is 17.7 Å². The standard InChI is InChI=1S/C28H37N3O4S/c1-5-14-31-24(26(33)30-20-11-6-8-16(2)17(20)3)28-13-12-21(35-28)22(23(28)27(31)34)25(32)29-18-9-7-10-19(15-18)36-4/h7,9-10,12-13,15-17,20-24H,5-6,8,11,14H2,1-4H3,(H,29,32)(H,30,33)/t16?,17?,20?,21-,22?,23-,24?,28?/m1/s1. The monoisotopic (exact) mass is 511 g/mol. The second-order valence-corrected chi connectivity index (χ2v) is 11.7. The van der Waals surface area contributed by atoms with Gasteiger partial charge in [-0.1, -0.05) is 51.8 Å². The molecular formula is C28H37N3O4S. The van der Waals surface area contributed by atoms with Gasteiger partial charge in [-0.25, -0.2) is 0 Å². The number of anilines is 1. The number of nitrogens with zero attached hydrogens (tertiary/aromatic N) is 1. The largest absolute Gasteiger partial charge is 0.359 e. The predicted octanol–water partition coefficient (Wildman–Crippen LogP) is 3.85. The first-order valence-electron chi connectivity index (χ1n) is 13.2. The summed E-state index contributed by atoms with van der Waals surface area (Å²) in [5.41, 5.74) is -0.411. The van der Waals surface area contributed by atoms with Crippen molar-refractivity contribution < 1.29 is 19.1 Å². The molecule has 3 aliphatic heterocycles. The number of ether oxygens (including phenoxy) is 1. The summed E-state index contributed by atoms with van der Waals surface area (Å²) < 4.78 is 6.42. The summed E-state index contributed by atoms with van der Waals surface area (Å²) in [7, 11) is 0. The summed E-state index contributed by atoms with van der Waals surface area (Å²) in [6, 6.07) is 6.97. The molecule has 1 aromatic rings. The van der Waals surface area contributed by atoms with Crippen molar-refractivity contribution in [2.75, 3.05) is 18.1 Å². The van der Waals surface area contributed by atoms with Crippen molar-refractivity contribution in [2.24, 2.45) is 23.7 Å². The Balaban J connectivity index is 1.41. The molecule has 7 nitrogen and oxygen atoms in total. The molecule has 1 saturated carbocycles. The van der Waals surface area contributed by atoms with Crippen molar-refractivity contribution in [1.29, 1.82) is 0 Å². The summed E-state index contributed by atoms with van der Waals surface area (Å²) in [6.45, 7) is 6.89. The van der Waals surface area contributed by atoms with Crippen LogP contribution in [0.5, 0.6) is 0 Å². The van der Waals surface area contributed by atoms with Gasteiger partial charge in [0.1, 0.15) is 11.6 Å². The number of amides is 3. The summed E-state index contributed by atoms with van der Waals surface area (Å²) in [4.78, 5) is 43.9. The fourth-order valence-electron chi connectivity index (χ4n) is 6.72. The van der Waals surface area contributed by atoms with Crippen LogP contribution < -0.4 is 10.6 Å². The highest BCUT2D eigenvalue weighted by Gasteiger charge is 2.72. The third-order valence-electron chi connectivity index (χ3n) is 8.76. The molecule has 3 heterocycles. The number of benzene rings is 1. The lowest BCUT2D eigenvalue weighted by molar-refractivity contribution is -0.141. The van der Waals surface area contributed by atoms with Crippen molar-refractivity contribution in [2.45, 2.75) is 75.1 Å². The van der Waals surface area contributed by atoms with Crippen LogP contribution >= 0.6 is 11.8 Å². The van der Waals surface area contributed by atoms with Crippen molar-refractivity contribution >= 4 is 35.2 Å². The minimum atomic E-state index is -1.10. The molecule has 0 aromatic heterocycles. The van der Waals surface area contributed by atoms with Crippen molar-refractivity contribution in [3.63, 3.8) is 0 Å². The highest BCUT2D eigenvalue weighted by molar-refractivity contribution is 7.98. The molecule has 1 aliphatic carbocycles. The zero-order chi connectivity index (χ0) is 25.6. The van der Waals surface area contributed by atoms with Crippen molar-refractivity contribution in [3.05, 3.63) is 36.4 Å². The number of rotatable bonds is 7. The molecule has 194 valence electrons. The highest BCUT2D eigenvalue weighted by Crippen LogP contribution is 2.55. The van der Waals surface area contributed by atoms with E-state index in [4.69, 9.17) is 4.74 Å². The average Bonchev–Trinajstić information content (AvgIpc) is 3.50. The lowest BCUT2D eigenvalue weighted by Gasteiger charge is -2.38. The number of hydrogen-bond acceptors (Lipinski definition) is 5. The topological polar surface area (TPSA) is 87.7 Å². The predicted molar refractivity (Wildman–Crippen MR) is 140 cm³/mol. The minimum absolute atomic E-state index is 0.0840. The van der Waals surface area contributed by atoms with Crippen LogP contribution in [0, 0.1) is 23.7 Å². The number of hydrogen-bond donors (Lipinski definition) is 2. The lowest BCUT2D eigenvalue weighted by atomic mass is 9.73. The Labute approximate surface area is 217 Å². The number of likely N-dealkylation sites (tertiary alicyclic amines) is 1. The van der Waals surface area contributed by atoms with Gasteiger partial charge in [-0.15, -0.1) is 11.8 Å². The first-order chi connectivity index (χ1) is 17.3. The van der Waals surface area contributed by atoms with Gasteiger partial charge in [0.25, 0.3) is 0 Å². The summed E-state index contributed by atoms with van der Waals surface area (Å²) >= 11 is 1.60. The molecule has 3 fully saturated rings. The van der Waals surface area contributed by atoms with E-state index in [0.29, 0.717) is 24.1 Å². The van der Waals surface area contributed by atoms with Crippen molar-refractivity contribution in [3.8, 4) is 0 Å². The van der Waals surface area contributed by atoms with E-state index < -0.39 is 29.6 Å². The molecule has 3 amide bonds. The van der Waals surface area contributed by atoms with E-state index >= 15 is 0 Å². The minimum Gasteiger partial charge on any atom is -0.359 e. The molecule has 1 spiro atoms. The van der Waals surface area contributed by atoms with E-state index in [9.17, 15) is 14.4 Å². The van der Waals surface area contributed by atoms with Gasteiger partial charge in [0.05, 0.1) is 17.9 Å². The highest BCUT2D eigenvalue weighted by atomic mass is 32.2. The zero-order valence-corrected chi connectivity index (χ0v) is 22.3. The Hall–Kier alpha value is -2.32. The molecule has 0 radical (unpaired) electrons. The fraction of sp³-hybridized carbons (Fsp3) is 0.607. The first kappa shape index (κ1) is 25.3. The van der Waals surface area contributed by atoms with Crippen LogP contribution in [0.25, 0.3) is 0 Å². The second kappa shape index (κ2) is 9.86. The molecule has 2 bridgehead atoms. The van der Waals surface area contributed by atoms with E-state index in [2.05, 4.69) is 24.5 Å². The third kappa shape index (κ3) is 4.06. The Bertz CT molecular complexity index is 1080. The molecule has 36 heavy (non-hydrogen) atoms. The molecule has 1 aromatic carbocycles. The second-order valence-electron chi connectivity index (χ2n) is 10.8. The molecule has 2 N–H and O–H groups in total. The van der Waals surface area contributed by atoms with E-state index in [1.54, 1.807) is 16.7 Å². The van der Waals surface area contributed by atoms with Crippen LogP contribution in [-0.4, -0.2) is 59.2 Å². The quantitative estimate of drug-likeness (QED) is 0.429. The lowest BCUT2D eigenvalue weighted by Crippen LogP contribution is -2.57. The summed E-state index contributed by atoms with van der Waals surface area (Å²) in [5, 5.41) is 6.29. The zero-order valence-electron chi connectivity index (χ0n) is 21.5. The van der Waals surface area contributed by atoms with Gasteiger partial charge in [0.15, 0.2) is 0 Å². The molecule has 5 rings (SSSR count). The maximum atomic E-state index is 13.8. The van der Waals surface area contributed by atoms with Crippen molar-refractivity contribution in [1.82, 2.24) is 10.2 Å². The number of carbonyl (C=O) groups is 3. The van der Waals surface area contributed by atoms with Gasteiger partial charge < -0.3 is 20.3 Å². The van der Waals surface area contributed by atoms with Gasteiger partial charge in [-0.2, -0.15) is 0 Å². The van der Waals surface area contributed by atoms with Crippen LogP contribution in [-0.2, 0) is 19.1 Å². The molecule has 4 aliphatic rings. The molecule has 8 atom stereocenters. The fourth-order valence-corrected chi connectivity index (χ4v) is 7.18. The van der Waals surface area contributed by atoms with Crippen LogP contribution in [0.3, 0.4) is 0 Å². The number of carbonyl (C=O) groups excluding carboxylic acids is 3. The number of fused-ring (bicyclic) bond motifs is 1. The maximum absolute atomic E-state index is 13.8. The van der Waals surface area contributed by atoms with E-state index in [-0.39, 0.29) is 23.8 Å². The number of nitrogens with one attached hydrogen (secondary N) is 2. The first-order valence-corrected chi connectivity index (χ1v) is 14.5. The van der Waals surface area contributed by atoms with E-state index in [1.165, 1.54) is 6.42 Å². The molecular weight excluding hydrogens is 474 g/mol. The Morgan fingerprint density at radius 2 is 2.03 bits per heavy atom. The Kier molecular flexibility index (Phi) is 6.94. The van der Waals surface area contributed by atoms with Gasteiger partial charge in [0, 0.05) is 23.2 Å². The van der Waals surface area contributed by atoms with Crippen LogP contribution in [0.15, 0.2) is 41.3 Å². The van der Waals surface area contributed by atoms with Crippen LogP contribution in [0.1, 0.15) is 46.5 Å². The SMILES string of the molecule is CCCN1C(=O)[C@H]2C(C(=O)Nc3cccc(SC)c3)[C@H]3C=CC2(O3)C1C(=O)NC1CCCC(C)C1C. The molecule has 6 unspecified atom stereocenters. The van der Waals surface area contributed by atoms with E-state index in [0.717, 1.165) is 24.2 Å². The number of thioether (sulfide) groups is 1. The third-order valence-corrected chi connectivity index (χ3v) is 9.49. The average molecular weight is 512 g/mol. The summed E-state index contributed by atoms with van der Waals surface area (Å²) in [6.07, 6.45) is 9.15. The van der Waals surface area contributed by atoms with Gasteiger partial charge >= 0.3 is 0 Å². The molecule has 2 saturated heterocycles. The Morgan fingerprint density at radius 3 is 2.78 bits per heavy atom. The van der Waals surface area contributed by atoms with Gasteiger partial charge in [-0.3, -0.25) is 14.4 Å². The van der Waals surface area contributed by atoms with E-state index in [1.807, 2.05) is 49.6 Å². The smallest absolute Gasteiger partial charge is 0.246 e. The molecule has 8 heteroatoms. The normalized spacial score (nSPS) is 36.7. The van der Waals surface area contributed by atoms with Gasteiger partial charge in [-0.05, 0) is 49.1 Å².